The number of benzene rings is 5. The molecule has 5 aromatic carbocycles. The molecule has 64 heavy (non-hydrogen) atoms. The van der Waals surface area contributed by atoms with Gasteiger partial charge in [0.25, 0.3) is 0 Å². The lowest BCUT2D eigenvalue weighted by molar-refractivity contribution is -0.117. The molecule has 0 heterocycles. The highest BCUT2D eigenvalue weighted by atomic mass is 16.3. The highest BCUT2D eigenvalue weighted by molar-refractivity contribution is 5.73. The first-order chi connectivity index (χ1) is 30.9. The van der Waals surface area contributed by atoms with Crippen molar-refractivity contribution >= 4 is 5.91 Å². The third kappa shape index (κ3) is 24.8. The number of aromatic hydroxyl groups is 5. The van der Waals surface area contributed by atoms with E-state index in [0.29, 0.717) is 37.6 Å². The van der Waals surface area contributed by atoms with Gasteiger partial charge in [0.1, 0.15) is 28.7 Å². The standard InChI is InChI=1S/C36H56N8O4.2C7H8O/c37-14-16-42-30(21-27-1-7-33(45)8-2-27)25-40-17-20-44-32(23-29-5-11-35(47)12-6-29)26-41-18-19-43-31(24-39-15-13-36(38)48)22-28-3-9-34(46)10-4-28;2*1-6-2-4-7(8)5-3-6/h1-12,30-32,39-47H,13-26,37H2,(H2,38,48);2*2-5,8H,1H3. The molecule has 0 aliphatic heterocycles. The Bertz CT molecular complexity index is 1870. The van der Waals surface area contributed by atoms with Crippen molar-refractivity contribution in [1.82, 2.24) is 31.9 Å². The zero-order valence-electron chi connectivity index (χ0n) is 37.5. The van der Waals surface area contributed by atoms with Crippen LogP contribution in [0.4, 0.5) is 0 Å². The van der Waals surface area contributed by atoms with E-state index in [0.717, 1.165) is 81.8 Å². The number of phenolic OH excluding ortho intramolecular Hbond substituents is 5. The minimum absolute atomic E-state index is 0.137. The summed E-state index contributed by atoms with van der Waals surface area (Å²) < 4.78 is 0. The average molecular weight is 881 g/mol. The van der Waals surface area contributed by atoms with Gasteiger partial charge in [0.05, 0.1) is 0 Å². The van der Waals surface area contributed by atoms with Gasteiger partial charge >= 0.3 is 0 Å². The number of carbonyl (C=O) groups is 1. The summed E-state index contributed by atoms with van der Waals surface area (Å²) in [5.74, 6) is 1.10. The SMILES string of the molecule is Cc1ccc(O)cc1.Cc1ccc(O)cc1.NCCNC(CNCCNC(CNCCNC(CNCCC(N)=O)Cc1ccc(O)cc1)Cc1ccc(O)cc1)Cc1ccc(O)cc1. The van der Waals surface area contributed by atoms with Gasteiger partial charge in [-0.3, -0.25) is 4.79 Å². The number of hydrogen-bond donors (Lipinski definition) is 13. The molecule has 3 unspecified atom stereocenters. The molecule has 14 heteroatoms. The number of nitrogens with two attached hydrogens (primary N) is 2. The third-order valence-electron chi connectivity index (χ3n) is 10.1. The Labute approximate surface area is 379 Å². The van der Waals surface area contributed by atoms with Gasteiger partial charge in [-0.25, -0.2) is 0 Å². The summed E-state index contributed by atoms with van der Waals surface area (Å²) in [5.41, 5.74) is 16.8. The Morgan fingerprint density at radius 3 is 1.00 bits per heavy atom. The lowest BCUT2D eigenvalue weighted by atomic mass is 10.0. The molecule has 5 aromatic rings. The van der Waals surface area contributed by atoms with Crippen molar-refractivity contribution in [1.29, 1.82) is 0 Å². The van der Waals surface area contributed by atoms with Gasteiger partial charge in [0.15, 0.2) is 0 Å². The lowest BCUT2D eigenvalue weighted by Crippen LogP contribution is -2.47. The quantitative estimate of drug-likeness (QED) is 0.0355. The second-order valence-electron chi connectivity index (χ2n) is 15.9. The maximum atomic E-state index is 11.1. The minimum atomic E-state index is -0.324. The van der Waals surface area contributed by atoms with Crippen molar-refractivity contribution in [2.45, 2.75) is 57.7 Å². The van der Waals surface area contributed by atoms with Crippen LogP contribution in [0.15, 0.2) is 121 Å². The zero-order valence-corrected chi connectivity index (χ0v) is 37.5. The maximum Gasteiger partial charge on any atom is 0.218 e. The topological polar surface area (TPSA) is 242 Å². The summed E-state index contributed by atoms with van der Waals surface area (Å²) >= 11 is 0. The van der Waals surface area contributed by atoms with E-state index in [1.807, 2.05) is 74.5 Å². The van der Waals surface area contributed by atoms with Gasteiger partial charge in [-0.1, -0.05) is 71.8 Å². The molecule has 0 spiro atoms. The van der Waals surface area contributed by atoms with E-state index in [4.69, 9.17) is 21.7 Å². The molecule has 14 nitrogen and oxygen atoms in total. The van der Waals surface area contributed by atoms with Gasteiger partial charge < -0.3 is 68.9 Å². The third-order valence-corrected chi connectivity index (χ3v) is 10.1. The largest absolute Gasteiger partial charge is 0.508 e. The number of amides is 1. The van der Waals surface area contributed by atoms with Crippen LogP contribution in [-0.2, 0) is 24.1 Å². The van der Waals surface area contributed by atoms with Crippen LogP contribution in [0, 0.1) is 13.8 Å². The molecule has 15 N–H and O–H groups in total. The van der Waals surface area contributed by atoms with E-state index in [1.54, 1.807) is 60.7 Å². The van der Waals surface area contributed by atoms with Gasteiger partial charge in [0.2, 0.25) is 5.91 Å². The Hall–Kier alpha value is -5.71. The molecule has 0 fully saturated rings. The molecule has 0 bridgehead atoms. The Morgan fingerprint density at radius 1 is 0.438 bits per heavy atom. The number of primary amides is 1. The number of phenols is 5. The van der Waals surface area contributed by atoms with Crippen LogP contribution in [0.2, 0.25) is 0 Å². The van der Waals surface area contributed by atoms with Crippen LogP contribution in [0.3, 0.4) is 0 Å². The van der Waals surface area contributed by atoms with E-state index in [9.17, 15) is 20.1 Å². The molecule has 0 saturated carbocycles. The summed E-state index contributed by atoms with van der Waals surface area (Å²) in [6.07, 6.45) is 2.72. The number of nitrogens with one attached hydrogen (secondary N) is 6. The van der Waals surface area contributed by atoms with Gasteiger partial charge in [-0.15, -0.1) is 0 Å². The first-order valence-corrected chi connectivity index (χ1v) is 22.0. The van der Waals surface area contributed by atoms with Gasteiger partial charge in [-0.2, -0.15) is 0 Å². The highest BCUT2D eigenvalue weighted by Crippen LogP contribution is 2.14. The predicted molar refractivity (Wildman–Crippen MR) is 258 cm³/mol. The summed E-state index contributed by atoms with van der Waals surface area (Å²) in [7, 11) is 0. The van der Waals surface area contributed by atoms with Crippen molar-refractivity contribution in [2.24, 2.45) is 11.5 Å². The maximum absolute atomic E-state index is 11.1. The lowest BCUT2D eigenvalue weighted by Gasteiger charge is -2.23. The second kappa shape index (κ2) is 31.2. The fraction of sp³-hybridized carbons (Fsp3) is 0.380. The van der Waals surface area contributed by atoms with Crippen LogP contribution in [0.5, 0.6) is 28.7 Å². The van der Waals surface area contributed by atoms with Crippen LogP contribution in [0.1, 0.15) is 34.2 Å². The predicted octanol–water partition coefficient (Wildman–Crippen LogP) is 3.71. The molecule has 5 rings (SSSR count). The molecule has 0 aliphatic rings. The monoisotopic (exact) mass is 881 g/mol. The zero-order chi connectivity index (χ0) is 46.4. The van der Waals surface area contributed by atoms with Crippen molar-refractivity contribution in [3.05, 3.63) is 149 Å². The summed E-state index contributed by atoms with van der Waals surface area (Å²) in [4.78, 5) is 11.1. The Kier molecular flexibility index (Phi) is 25.6. The van der Waals surface area contributed by atoms with E-state index >= 15 is 0 Å². The van der Waals surface area contributed by atoms with Crippen molar-refractivity contribution in [2.75, 3.05) is 65.4 Å². The normalized spacial score (nSPS) is 12.2. The molecular weight excluding hydrogens is 809 g/mol. The van der Waals surface area contributed by atoms with Crippen LogP contribution < -0.4 is 43.4 Å². The first kappa shape index (κ1) is 52.6. The Morgan fingerprint density at radius 2 is 0.719 bits per heavy atom. The summed E-state index contributed by atoms with van der Waals surface area (Å²) in [5, 5.41) is 67.8. The summed E-state index contributed by atoms with van der Waals surface area (Å²) in [6, 6.07) is 36.6. The van der Waals surface area contributed by atoms with Crippen molar-refractivity contribution in [3.63, 3.8) is 0 Å². The number of rotatable bonds is 26. The molecule has 3 atom stereocenters. The van der Waals surface area contributed by atoms with Crippen LogP contribution >= 0.6 is 0 Å². The molecular formula is C50H72N8O6. The van der Waals surface area contributed by atoms with E-state index < -0.39 is 0 Å². The van der Waals surface area contributed by atoms with Crippen LogP contribution in [-0.4, -0.2) is 115 Å². The fourth-order valence-corrected chi connectivity index (χ4v) is 6.55. The van der Waals surface area contributed by atoms with Crippen molar-refractivity contribution < 1.29 is 30.3 Å². The molecule has 0 aromatic heterocycles. The molecule has 0 aliphatic carbocycles. The van der Waals surface area contributed by atoms with Crippen LogP contribution in [0.25, 0.3) is 0 Å². The summed E-state index contributed by atoms with van der Waals surface area (Å²) in [6.45, 7) is 11.2. The van der Waals surface area contributed by atoms with E-state index in [-0.39, 0.29) is 41.3 Å². The number of hydrogen-bond acceptors (Lipinski definition) is 13. The Balaban J connectivity index is 0.000000563. The van der Waals surface area contributed by atoms with E-state index in [2.05, 4.69) is 31.9 Å². The fourth-order valence-electron chi connectivity index (χ4n) is 6.55. The average Bonchev–Trinajstić information content (AvgIpc) is 3.28. The molecule has 348 valence electrons. The molecule has 1 amide bonds. The van der Waals surface area contributed by atoms with Crippen molar-refractivity contribution in [3.8, 4) is 28.7 Å². The second-order valence-corrected chi connectivity index (χ2v) is 15.9. The smallest absolute Gasteiger partial charge is 0.218 e. The number of carbonyl (C=O) groups excluding carboxylic acids is 1. The van der Waals surface area contributed by atoms with E-state index in [1.165, 1.54) is 11.1 Å². The number of aryl methyl sites for hydroxylation is 2. The molecule has 0 saturated heterocycles. The van der Waals surface area contributed by atoms with Gasteiger partial charge in [-0.05, 0) is 110 Å². The van der Waals surface area contributed by atoms with Gasteiger partial charge in [0, 0.05) is 90.0 Å². The first-order valence-electron chi connectivity index (χ1n) is 22.0. The minimum Gasteiger partial charge on any atom is -0.508 e. The molecule has 0 radical (unpaired) electrons. The highest BCUT2D eigenvalue weighted by Gasteiger charge is 2.13.